The zero-order valence-corrected chi connectivity index (χ0v) is 11.5. The molecular weight excluding hydrogens is 356 g/mol. The highest BCUT2D eigenvalue weighted by Gasteiger charge is 2.68. The van der Waals surface area contributed by atoms with Gasteiger partial charge in [0, 0.05) is 0 Å². The summed E-state index contributed by atoms with van der Waals surface area (Å²) in [4.78, 5) is 41.3. The maximum atomic E-state index is 11.5. The Labute approximate surface area is 133 Å². The molecule has 1 aliphatic heterocycles. The Morgan fingerprint density at radius 3 is 2.12 bits per heavy atom. The molecule has 0 spiro atoms. The minimum absolute atomic E-state index is 0.00624. The van der Waals surface area contributed by atoms with Gasteiger partial charge in [0.05, 0.1) is 14.7 Å². The summed E-state index contributed by atoms with van der Waals surface area (Å²) in [7, 11) is 0. The van der Waals surface area contributed by atoms with Crippen LogP contribution in [0, 0.1) is 45.9 Å². The molecule has 20 nitrogen and oxygen atoms in total. The maximum Gasteiger partial charge on any atom is 0.446 e. The van der Waals surface area contributed by atoms with Gasteiger partial charge in [0.25, 0.3) is 0 Å². The molecule has 134 valence electrons. The Kier molecular flexibility index (Phi) is 3.65. The second-order valence-electron chi connectivity index (χ2n) is 4.23. The maximum absolute atomic E-state index is 11.5. The van der Waals surface area contributed by atoms with Crippen LogP contribution < -0.4 is 27.3 Å². The Bertz CT molecular complexity index is 799. The van der Waals surface area contributed by atoms with Crippen LogP contribution in [0.25, 0.3) is 0 Å². The SMILES string of the molecule is N=C(N)C1([N+](=O)[O-])NN(N[N+](=O)[O-])c2c([N+](=O)[O-])nn(N[N+](=O)[O-])c21. The summed E-state index contributed by atoms with van der Waals surface area (Å²) in [6.07, 6.45) is 0. The second-order valence-corrected chi connectivity index (χ2v) is 4.23. The van der Waals surface area contributed by atoms with Crippen molar-refractivity contribution < 1.29 is 19.9 Å². The highest BCUT2D eigenvalue weighted by molar-refractivity contribution is 5.91. The normalized spacial score (nSPS) is 18.3. The van der Waals surface area contributed by atoms with E-state index in [0.717, 1.165) is 0 Å². The van der Waals surface area contributed by atoms with Gasteiger partial charge in [0.15, 0.2) is 16.0 Å². The van der Waals surface area contributed by atoms with Crippen molar-refractivity contribution in [3.05, 3.63) is 46.2 Å². The van der Waals surface area contributed by atoms with Gasteiger partial charge in [-0.1, -0.05) is 0 Å². The summed E-state index contributed by atoms with van der Waals surface area (Å²) in [5, 5.41) is 51.9. The van der Waals surface area contributed by atoms with Gasteiger partial charge in [-0.3, -0.25) is 15.5 Å². The molecule has 0 saturated carbocycles. The van der Waals surface area contributed by atoms with E-state index in [4.69, 9.17) is 11.1 Å². The van der Waals surface area contributed by atoms with Crippen molar-refractivity contribution in [2.24, 2.45) is 5.73 Å². The molecule has 0 bridgehead atoms. The second kappa shape index (κ2) is 5.37. The van der Waals surface area contributed by atoms with Gasteiger partial charge in [0.1, 0.15) is 0 Å². The molecule has 2 rings (SSSR count). The lowest BCUT2D eigenvalue weighted by atomic mass is 10.1. The number of fused-ring (bicyclic) bond motifs is 1. The fourth-order valence-corrected chi connectivity index (χ4v) is 2.04. The van der Waals surface area contributed by atoms with Crippen LogP contribution in [0.3, 0.4) is 0 Å². The third-order valence-corrected chi connectivity index (χ3v) is 2.88. The highest BCUT2D eigenvalue weighted by Crippen LogP contribution is 2.42. The third-order valence-electron chi connectivity index (χ3n) is 2.88. The molecule has 1 atom stereocenters. The van der Waals surface area contributed by atoms with E-state index in [-0.39, 0.29) is 9.91 Å². The van der Waals surface area contributed by atoms with Crippen molar-refractivity contribution in [2.45, 2.75) is 5.66 Å². The predicted octanol–water partition coefficient (Wildman–Crippen LogP) is -3.09. The largest absolute Gasteiger partial charge is 0.446 e. The zero-order chi connectivity index (χ0) is 19.1. The van der Waals surface area contributed by atoms with Crippen LogP contribution in [0.5, 0.6) is 0 Å². The van der Waals surface area contributed by atoms with Crippen molar-refractivity contribution in [3.8, 4) is 0 Å². The van der Waals surface area contributed by atoms with Gasteiger partial charge in [-0.05, 0) is 16.0 Å². The summed E-state index contributed by atoms with van der Waals surface area (Å²) in [5.74, 6) is -2.51. The molecule has 0 amide bonds. The smallest absolute Gasteiger partial charge is 0.380 e. The first-order chi connectivity index (χ1) is 11.5. The number of hydrogen-bond donors (Lipinski definition) is 5. The Morgan fingerprint density at radius 1 is 1.16 bits per heavy atom. The average Bonchev–Trinajstić information content (AvgIpc) is 2.96. The Balaban J connectivity index is 2.85. The van der Waals surface area contributed by atoms with E-state index >= 15 is 0 Å². The molecule has 1 aromatic heterocycles. The molecule has 0 aromatic carbocycles. The fraction of sp³-hybridized carbons (Fsp3) is 0.200. The van der Waals surface area contributed by atoms with Crippen molar-refractivity contribution in [1.82, 2.24) is 20.9 Å². The summed E-state index contributed by atoms with van der Waals surface area (Å²) >= 11 is 0. The van der Waals surface area contributed by atoms with E-state index in [1.54, 1.807) is 5.43 Å². The lowest BCUT2D eigenvalue weighted by Crippen LogP contribution is -2.63. The van der Waals surface area contributed by atoms with E-state index in [1.165, 1.54) is 11.1 Å². The van der Waals surface area contributed by atoms with E-state index in [9.17, 15) is 40.5 Å². The average molecular weight is 362 g/mol. The van der Waals surface area contributed by atoms with Gasteiger partial charge < -0.3 is 26.0 Å². The number of nitrogens with zero attached hydrogens (tertiary/aromatic N) is 7. The van der Waals surface area contributed by atoms with Gasteiger partial charge in [0.2, 0.25) is 5.69 Å². The predicted molar refractivity (Wildman–Crippen MR) is 71.6 cm³/mol. The number of nitrogens with one attached hydrogen (secondary N) is 4. The topological polar surface area (TPSA) is 280 Å². The van der Waals surface area contributed by atoms with Crippen molar-refractivity contribution in [1.29, 1.82) is 5.41 Å². The first-order valence-corrected chi connectivity index (χ1v) is 5.69. The standard InChI is InChI=1S/C5H6N12O8/c6-4(7)5(15(20)21)2-1(12(9-5)10-16(22)23)3(14(18)19)8-13(2)11-17(24)25/h9-11H,(H3,6,7). The molecule has 20 heteroatoms. The Morgan fingerprint density at radius 2 is 1.72 bits per heavy atom. The first kappa shape index (κ1) is 17.0. The summed E-state index contributed by atoms with van der Waals surface area (Å²) in [6, 6.07) is 0. The van der Waals surface area contributed by atoms with Gasteiger partial charge in [-0.2, -0.15) is 0 Å². The molecule has 1 aliphatic rings. The molecule has 0 radical (unpaired) electrons. The van der Waals surface area contributed by atoms with Crippen LogP contribution in [0.15, 0.2) is 0 Å². The number of aromatic nitrogens is 2. The lowest BCUT2D eigenvalue weighted by molar-refractivity contribution is -0.574. The van der Waals surface area contributed by atoms with Crippen LogP contribution in [0.1, 0.15) is 5.69 Å². The quantitative estimate of drug-likeness (QED) is 0.139. The number of amidine groups is 1. The van der Waals surface area contributed by atoms with Gasteiger partial charge in [-0.15, -0.1) is 10.5 Å². The number of rotatable bonds is 7. The molecule has 1 unspecified atom stereocenters. The van der Waals surface area contributed by atoms with Crippen LogP contribution in [-0.2, 0) is 5.66 Å². The van der Waals surface area contributed by atoms with E-state index < -0.39 is 48.6 Å². The van der Waals surface area contributed by atoms with Crippen LogP contribution in [-0.4, -0.2) is 35.6 Å². The number of hydrazine groups is 4. The lowest BCUT2D eigenvalue weighted by Gasteiger charge is -2.19. The molecule has 1 aromatic rings. The number of hydrogen-bond acceptors (Lipinski definition) is 12. The summed E-state index contributed by atoms with van der Waals surface area (Å²) in [6.45, 7) is 0. The monoisotopic (exact) mass is 362 g/mol. The van der Waals surface area contributed by atoms with E-state index in [1.807, 2.05) is 0 Å². The van der Waals surface area contributed by atoms with Crippen LogP contribution >= 0.6 is 0 Å². The highest BCUT2D eigenvalue weighted by atomic mass is 16.7. The van der Waals surface area contributed by atoms with E-state index in [2.05, 4.69) is 5.10 Å². The zero-order valence-electron chi connectivity index (χ0n) is 11.5. The van der Waals surface area contributed by atoms with Crippen LogP contribution in [0.4, 0.5) is 11.5 Å². The minimum Gasteiger partial charge on any atom is -0.380 e. The molecular formula is C5H6N12O8. The van der Waals surface area contributed by atoms with E-state index in [0.29, 0.717) is 0 Å². The van der Waals surface area contributed by atoms with Gasteiger partial charge in [-0.25, -0.2) is 10.1 Å². The molecule has 25 heavy (non-hydrogen) atoms. The minimum atomic E-state index is -3.01. The van der Waals surface area contributed by atoms with Crippen molar-refractivity contribution in [2.75, 3.05) is 10.7 Å². The molecule has 2 heterocycles. The van der Waals surface area contributed by atoms with Crippen molar-refractivity contribution >= 4 is 17.3 Å². The molecule has 0 saturated heterocycles. The molecule has 0 aliphatic carbocycles. The number of nitrogens with two attached hydrogens (primary N) is 1. The fourth-order valence-electron chi connectivity index (χ4n) is 2.04. The Hall–Kier alpha value is -4.36. The van der Waals surface area contributed by atoms with Crippen molar-refractivity contribution in [3.63, 3.8) is 0 Å². The van der Waals surface area contributed by atoms with Gasteiger partial charge >= 0.3 is 17.2 Å². The molecule has 6 N–H and O–H groups in total. The number of nitro groups is 4. The first-order valence-electron chi connectivity index (χ1n) is 5.69. The van der Waals surface area contributed by atoms with Crippen LogP contribution in [0.2, 0.25) is 0 Å². The summed E-state index contributed by atoms with van der Waals surface area (Å²) in [5.41, 5.74) is 4.71. The third kappa shape index (κ3) is 2.38. The number of anilines is 1. The molecule has 0 fully saturated rings. The summed E-state index contributed by atoms with van der Waals surface area (Å²) < 4.78 is 0.